The molecule has 1 N–H and O–H groups in total. The molecule has 0 aliphatic carbocycles. The third kappa shape index (κ3) is 5.49. The van der Waals surface area contributed by atoms with Crippen LogP contribution in [0.5, 0.6) is 0 Å². The van der Waals surface area contributed by atoms with Gasteiger partial charge >= 0.3 is 5.97 Å². The Morgan fingerprint density at radius 3 is 2.10 bits per heavy atom. The van der Waals surface area contributed by atoms with Crippen molar-refractivity contribution in [1.29, 1.82) is 0 Å². The Balaban J connectivity index is 2.51. The number of ketones is 1. The summed E-state index contributed by atoms with van der Waals surface area (Å²) in [4.78, 5) is 34.4. The second kappa shape index (κ2) is 9.59. The molecule has 10 heteroatoms. The second-order valence-corrected chi connectivity index (χ2v) is 8.96. The lowest BCUT2D eigenvalue weighted by Crippen LogP contribution is -2.48. The number of carbonyl (C=O) groups excluding carboxylic acids is 1. The summed E-state index contributed by atoms with van der Waals surface area (Å²) in [6.07, 6.45) is -0.0103. The molecule has 9 nitrogen and oxygen atoms in total. The first kappa shape index (κ1) is 23.2. The number of hydrogen-bond donors (Lipinski definition) is 1. The Morgan fingerprint density at radius 2 is 1.63 bits per heavy atom. The van der Waals surface area contributed by atoms with Gasteiger partial charge in [0, 0.05) is 17.7 Å². The Kier molecular flexibility index (Phi) is 7.41. The van der Waals surface area contributed by atoms with Gasteiger partial charge in [-0.2, -0.15) is 4.31 Å². The number of nitro groups is 1. The second-order valence-electron chi connectivity index (χ2n) is 7.07. The quantitative estimate of drug-likeness (QED) is 0.345. The van der Waals surface area contributed by atoms with E-state index in [0.717, 1.165) is 24.3 Å². The predicted octanol–water partition coefficient (Wildman–Crippen LogP) is 2.97. The van der Waals surface area contributed by atoms with Crippen molar-refractivity contribution in [3.8, 4) is 0 Å². The first-order valence-electron chi connectivity index (χ1n) is 9.11. The molecule has 0 heterocycles. The van der Waals surface area contributed by atoms with Crippen LogP contribution in [-0.4, -0.2) is 47.1 Å². The maximum atomic E-state index is 13.2. The lowest BCUT2D eigenvalue weighted by molar-refractivity contribution is -0.384. The van der Waals surface area contributed by atoms with Crippen LogP contribution >= 0.6 is 0 Å². The molecule has 0 aliphatic rings. The van der Waals surface area contributed by atoms with Crippen LogP contribution in [0.25, 0.3) is 0 Å². The largest absolute Gasteiger partial charge is 0.480 e. The van der Waals surface area contributed by atoms with E-state index in [0.29, 0.717) is 4.31 Å². The van der Waals surface area contributed by atoms with Crippen LogP contribution in [0.2, 0.25) is 0 Å². The van der Waals surface area contributed by atoms with E-state index >= 15 is 0 Å². The fourth-order valence-corrected chi connectivity index (χ4v) is 4.43. The molecule has 0 bridgehead atoms. The van der Waals surface area contributed by atoms with E-state index in [2.05, 4.69) is 0 Å². The summed E-state index contributed by atoms with van der Waals surface area (Å²) in [5.74, 6) is -2.10. The zero-order chi connectivity index (χ0) is 22.5. The van der Waals surface area contributed by atoms with Crippen LogP contribution in [0.1, 0.15) is 30.6 Å². The highest BCUT2D eigenvalue weighted by Gasteiger charge is 2.38. The Morgan fingerprint density at radius 1 is 1.07 bits per heavy atom. The van der Waals surface area contributed by atoms with Crippen molar-refractivity contribution in [3.63, 3.8) is 0 Å². The number of aliphatic carboxylic acids is 1. The van der Waals surface area contributed by atoms with Crippen molar-refractivity contribution in [3.05, 3.63) is 70.3 Å². The number of carboxylic acid groups (broad SMARTS) is 1. The molecule has 1 unspecified atom stereocenters. The van der Waals surface area contributed by atoms with E-state index in [1.165, 1.54) is 12.1 Å². The Hall–Kier alpha value is -3.11. The molecule has 0 saturated heterocycles. The molecular formula is C20H22N2O7S. The zero-order valence-electron chi connectivity index (χ0n) is 16.5. The number of rotatable bonds is 10. The molecule has 160 valence electrons. The molecule has 2 aromatic rings. The Labute approximate surface area is 174 Å². The molecular weight excluding hydrogens is 412 g/mol. The fourth-order valence-electron chi connectivity index (χ4n) is 2.88. The van der Waals surface area contributed by atoms with Gasteiger partial charge in [-0.25, -0.2) is 8.42 Å². The number of benzene rings is 2. The predicted molar refractivity (Wildman–Crippen MR) is 109 cm³/mol. The van der Waals surface area contributed by atoms with Gasteiger partial charge in [0.25, 0.3) is 5.69 Å². The van der Waals surface area contributed by atoms with E-state index in [1.54, 1.807) is 32.0 Å². The first-order valence-corrected chi connectivity index (χ1v) is 10.6. The van der Waals surface area contributed by atoms with E-state index in [1.807, 2.05) is 0 Å². The van der Waals surface area contributed by atoms with Crippen LogP contribution in [0.15, 0.2) is 59.5 Å². The number of carboxylic acids is 1. The average Bonchev–Trinajstić information content (AvgIpc) is 2.70. The summed E-state index contributed by atoms with van der Waals surface area (Å²) in [5, 5.41) is 20.5. The summed E-state index contributed by atoms with van der Waals surface area (Å²) in [6.45, 7) is 2.81. The van der Waals surface area contributed by atoms with Crippen molar-refractivity contribution >= 4 is 27.5 Å². The number of nitro benzene ring substituents is 1. The zero-order valence-corrected chi connectivity index (χ0v) is 17.3. The van der Waals surface area contributed by atoms with E-state index in [9.17, 15) is 33.2 Å². The molecule has 0 saturated carbocycles. The van der Waals surface area contributed by atoms with Gasteiger partial charge in [-0.05, 0) is 24.5 Å². The number of hydrogen-bond acceptors (Lipinski definition) is 6. The van der Waals surface area contributed by atoms with Crippen molar-refractivity contribution in [2.24, 2.45) is 5.92 Å². The summed E-state index contributed by atoms with van der Waals surface area (Å²) in [6, 6.07) is 10.6. The average molecular weight is 434 g/mol. The normalized spacial score (nSPS) is 12.7. The smallest absolute Gasteiger partial charge is 0.322 e. The first-order chi connectivity index (χ1) is 14.0. The van der Waals surface area contributed by atoms with Crippen LogP contribution in [0.3, 0.4) is 0 Å². The third-order valence-corrected chi connectivity index (χ3v) is 6.25. The van der Waals surface area contributed by atoms with E-state index in [-0.39, 0.29) is 28.5 Å². The molecule has 30 heavy (non-hydrogen) atoms. The van der Waals surface area contributed by atoms with Crippen LogP contribution in [-0.2, 0) is 14.8 Å². The van der Waals surface area contributed by atoms with Gasteiger partial charge in [-0.3, -0.25) is 19.7 Å². The van der Waals surface area contributed by atoms with Crippen LogP contribution < -0.4 is 0 Å². The highest BCUT2D eigenvalue weighted by molar-refractivity contribution is 7.89. The molecule has 1 atom stereocenters. The number of Topliss-reactive ketones (excluding diaryl/α,β-unsaturated/α-hetero) is 1. The van der Waals surface area contributed by atoms with E-state index < -0.39 is 39.3 Å². The van der Waals surface area contributed by atoms with Gasteiger partial charge in [0.1, 0.15) is 6.04 Å². The highest BCUT2D eigenvalue weighted by atomic mass is 32.2. The lowest BCUT2D eigenvalue weighted by atomic mass is 10.0. The molecule has 0 spiro atoms. The molecule has 0 radical (unpaired) electrons. The van der Waals surface area contributed by atoms with Crippen LogP contribution in [0, 0.1) is 16.0 Å². The van der Waals surface area contributed by atoms with Gasteiger partial charge in [0.15, 0.2) is 5.78 Å². The van der Waals surface area contributed by atoms with Gasteiger partial charge in [0.2, 0.25) is 10.0 Å². The van der Waals surface area contributed by atoms with Crippen molar-refractivity contribution in [2.45, 2.75) is 31.2 Å². The molecule has 0 fully saturated rings. The minimum absolute atomic E-state index is 0.0103. The summed E-state index contributed by atoms with van der Waals surface area (Å²) < 4.78 is 27.2. The Bertz CT molecular complexity index is 1020. The standard InChI is InChI=1S/C20H22N2O7S/c1-14(2)12-18(20(24)25)21(13-19(23)15-6-4-3-5-7-15)30(28,29)17-10-8-16(9-11-17)22(26)27/h3-11,14,18H,12-13H2,1-2H3,(H,24,25). The SMILES string of the molecule is CC(C)CC(C(=O)O)N(CC(=O)c1ccccc1)S(=O)(=O)c1ccc([N+](=O)[O-])cc1. The number of nitrogens with zero attached hydrogens (tertiary/aromatic N) is 2. The van der Waals surface area contributed by atoms with Crippen molar-refractivity contribution in [1.82, 2.24) is 4.31 Å². The molecule has 2 aromatic carbocycles. The molecule has 0 aliphatic heterocycles. The summed E-state index contributed by atoms with van der Waals surface area (Å²) in [7, 11) is -4.43. The molecule has 2 rings (SSSR count). The molecule has 0 aromatic heterocycles. The van der Waals surface area contributed by atoms with Crippen molar-refractivity contribution in [2.75, 3.05) is 6.54 Å². The lowest BCUT2D eigenvalue weighted by Gasteiger charge is -2.28. The summed E-state index contributed by atoms with van der Waals surface area (Å²) in [5.41, 5.74) is -0.0621. The summed E-state index contributed by atoms with van der Waals surface area (Å²) >= 11 is 0. The number of non-ortho nitro benzene ring substituents is 1. The monoisotopic (exact) mass is 434 g/mol. The molecule has 0 amide bonds. The highest BCUT2D eigenvalue weighted by Crippen LogP contribution is 2.24. The number of sulfonamides is 1. The maximum Gasteiger partial charge on any atom is 0.322 e. The topological polar surface area (TPSA) is 135 Å². The minimum Gasteiger partial charge on any atom is -0.480 e. The van der Waals surface area contributed by atoms with Gasteiger partial charge in [0.05, 0.1) is 16.4 Å². The van der Waals surface area contributed by atoms with Crippen molar-refractivity contribution < 1.29 is 28.0 Å². The minimum atomic E-state index is -4.43. The van der Waals surface area contributed by atoms with Crippen LogP contribution in [0.4, 0.5) is 5.69 Å². The van der Waals surface area contributed by atoms with Gasteiger partial charge in [-0.15, -0.1) is 0 Å². The maximum absolute atomic E-state index is 13.2. The number of carbonyl (C=O) groups is 2. The third-order valence-electron chi connectivity index (χ3n) is 4.38. The fraction of sp³-hybridized carbons (Fsp3) is 0.300. The van der Waals surface area contributed by atoms with Gasteiger partial charge in [-0.1, -0.05) is 44.2 Å². The van der Waals surface area contributed by atoms with Gasteiger partial charge < -0.3 is 5.11 Å². The van der Waals surface area contributed by atoms with E-state index in [4.69, 9.17) is 0 Å².